The van der Waals surface area contributed by atoms with Crippen molar-refractivity contribution in [3.63, 3.8) is 0 Å². The molecule has 0 saturated carbocycles. The van der Waals surface area contributed by atoms with Gasteiger partial charge in [-0.2, -0.15) is 0 Å². The van der Waals surface area contributed by atoms with Crippen molar-refractivity contribution >= 4 is 12.1 Å². The van der Waals surface area contributed by atoms with Crippen LogP contribution in [0.25, 0.3) is 0 Å². The van der Waals surface area contributed by atoms with E-state index in [-0.39, 0.29) is 108 Å². The van der Waals surface area contributed by atoms with Gasteiger partial charge in [-0.1, -0.05) is 30.3 Å². The minimum absolute atomic E-state index is 0. The molecule has 7 heteroatoms. The average Bonchev–Trinajstić information content (AvgIpc) is 2.05. The number of hydrogen-bond donors (Lipinski definition) is 1. The minimum Gasteiger partial charge on any atom is -0.565 e. The topological polar surface area (TPSA) is 100 Å². The van der Waals surface area contributed by atoms with Gasteiger partial charge in [0, 0.05) is 0 Å². The van der Waals surface area contributed by atoms with Crippen LogP contribution in [0.4, 0.5) is 4.79 Å². The van der Waals surface area contributed by atoms with Gasteiger partial charge >= 0.3 is 103 Å². The molecule has 1 aromatic carbocycles. The summed E-state index contributed by atoms with van der Waals surface area (Å²) in [5, 5.41) is 25.4. The molecular formula is C8H6K2O5. The number of aromatic carboxylic acids is 1. The fourth-order valence-corrected chi connectivity index (χ4v) is 0.574. The second-order valence-corrected chi connectivity index (χ2v) is 1.92. The van der Waals surface area contributed by atoms with Crippen LogP contribution in [0.5, 0.6) is 0 Å². The Morgan fingerprint density at radius 1 is 1.00 bits per heavy atom. The van der Waals surface area contributed by atoms with Crippen molar-refractivity contribution in [1.29, 1.82) is 0 Å². The van der Waals surface area contributed by atoms with Crippen molar-refractivity contribution in [2.45, 2.75) is 0 Å². The molecule has 5 nitrogen and oxygen atoms in total. The van der Waals surface area contributed by atoms with Crippen molar-refractivity contribution < 1.29 is 128 Å². The Morgan fingerprint density at radius 3 is 1.53 bits per heavy atom. The Bertz CT molecular complexity index is 284. The molecule has 0 aliphatic carbocycles. The fourth-order valence-electron chi connectivity index (χ4n) is 0.574. The average molecular weight is 260 g/mol. The van der Waals surface area contributed by atoms with Gasteiger partial charge in [0.25, 0.3) is 0 Å². The molecule has 0 atom stereocenters. The van der Waals surface area contributed by atoms with Crippen molar-refractivity contribution in [1.82, 2.24) is 0 Å². The molecule has 0 bridgehead atoms. The summed E-state index contributed by atoms with van der Waals surface area (Å²) in [6.07, 6.45) is -2.08. The van der Waals surface area contributed by atoms with Crippen LogP contribution >= 0.6 is 0 Å². The normalized spacial score (nSPS) is 6.93. The number of carboxylic acid groups (broad SMARTS) is 3. The Balaban J connectivity index is -0.000000213. The van der Waals surface area contributed by atoms with Crippen molar-refractivity contribution in [3.05, 3.63) is 35.9 Å². The van der Waals surface area contributed by atoms with E-state index in [1.165, 1.54) is 12.1 Å². The largest absolute Gasteiger partial charge is 1.00 e. The van der Waals surface area contributed by atoms with E-state index in [9.17, 15) is 9.90 Å². The maximum atomic E-state index is 10.1. The zero-order valence-electron chi connectivity index (χ0n) is 8.47. The summed E-state index contributed by atoms with van der Waals surface area (Å²) in [6.45, 7) is 0. The summed E-state index contributed by atoms with van der Waals surface area (Å²) in [4.78, 5) is 18.5. The van der Waals surface area contributed by atoms with E-state index in [0.717, 1.165) is 0 Å². The maximum Gasteiger partial charge on any atom is 1.00 e. The molecule has 0 fully saturated rings. The summed E-state index contributed by atoms with van der Waals surface area (Å²) in [7, 11) is 0. The van der Waals surface area contributed by atoms with E-state index < -0.39 is 12.1 Å². The van der Waals surface area contributed by atoms with Gasteiger partial charge in [-0.15, -0.1) is 0 Å². The van der Waals surface area contributed by atoms with E-state index in [1.54, 1.807) is 18.2 Å². The van der Waals surface area contributed by atoms with E-state index in [0.29, 0.717) is 0 Å². The maximum absolute atomic E-state index is 10.1. The fraction of sp³-hybridized carbons (Fsp3) is 0. The summed E-state index contributed by atoms with van der Waals surface area (Å²) in [5.74, 6) is -1.13. The van der Waals surface area contributed by atoms with Crippen molar-refractivity contribution in [2.24, 2.45) is 0 Å². The predicted molar refractivity (Wildman–Crippen MR) is 38.8 cm³/mol. The van der Waals surface area contributed by atoms with Crippen molar-refractivity contribution in [3.8, 4) is 0 Å². The summed E-state index contributed by atoms with van der Waals surface area (Å²) >= 11 is 0. The number of carbonyl (C=O) groups excluding carboxylic acids is 1. The first-order valence-electron chi connectivity index (χ1n) is 3.20. The first-order valence-corrected chi connectivity index (χ1v) is 3.20. The number of hydrogen-bond acceptors (Lipinski definition) is 4. The first kappa shape index (κ1) is 21.5. The van der Waals surface area contributed by atoms with E-state index in [4.69, 9.17) is 15.0 Å². The van der Waals surface area contributed by atoms with Crippen molar-refractivity contribution in [2.75, 3.05) is 0 Å². The minimum atomic E-state index is -2.08. The third kappa shape index (κ3) is 15.2. The van der Waals surface area contributed by atoms with Crippen LogP contribution in [-0.2, 0) is 0 Å². The summed E-state index contributed by atoms with van der Waals surface area (Å²) < 4.78 is 0. The molecule has 0 radical (unpaired) electrons. The number of benzene rings is 1. The third-order valence-corrected chi connectivity index (χ3v) is 1.01. The summed E-state index contributed by atoms with van der Waals surface area (Å²) in [6, 6.07) is 8.06. The molecule has 0 heterocycles. The molecule has 1 rings (SSSR count). The molecule has 1 aromatic rings. The molecule has 0 aliphatic rings. The van der Waals surface area contributed by atoms with E-state index >= 15 is 0 Å². The summed E-state index contributed by atoms with van der Waals surface area (Å²) in [5.41, 5.74) is 0.220. The number of carboxylic acids is 1. The van der Waals surface area contributed by atoms with Gasteiger partial charge in [0.1, 0.15) is 0 Å². The van der Waals surface area contributed by atoms with Gasteiger partial charge in [-0.3, -0.25) is 0 Å². The van der Waals surface area contributed by atoms with E-state index in [2.05, 4.69) is 0 Å². The quantitative estimate of drug-likeness (QED) is 0.506. The third-order valence-electron chi connectivity index (χ3n) is 1.01. The standard InChI is InChI=1S/C7H6O2.CH2O3.2K/c8-7(9)6-4-2-1-3-5-6;2-1(3)4;;/h1-5H,(H,8,9);(H2,2,3,4);;/q;;2*+1/p-2. The molecular weight excluding hydrogens is 254 g/mol. The molecule has 0 aliphatic heterocycles. The number of carbonyl (C=O) groups is 2. The van der Waals surface area contributed by atoms with Gasteiger partial charge in [-0.25, -0.2) is 0 Å². The smallest absolute Gasteiger partial charge is 0.565 e. The molecule has 0 aromatic heterocycles. The molecule has 0 spiro atoms. The molecule has 70 valence electrons. The van der Waals surface area contributed by atoms with Crippen LogP contribution in [0, 0.1) is 0 Å². The Hall–Kier alpha value is 1.23. The first-order chi connectivity index (χ1) is 6.04. The predicted octanol–water partition coefficient (Wildman–Crippen LogP) is -7.05. The second kappa shape index (κ2) is 13.3. The Labute approximate surface area is 172 Å². The van der Waals surface area contributed by atoms with Gasteiger partial charge in [0.05, 0.1) is 5.97 Å². The molecule has 0 unspecified atom stereocenters. The molecule has 0 amide bonds. The number of rotatable bonds is 1. The van der Waals surface area contributed by atoms with Gasteiger partial charge in [0.2, 0.25) is 6.16 Å². The van der Waals surface area contributed by atoms with Gasteiger partial charge in [-0.05, 0) is 5.56 Å². The van der Waals surface area contributed by atoms with Crippen LogP contribution in [0.15, 0.2) is 30.3 Å². The zero-order chi connectivity index (χ0) is 10.3. The SMILES string of the molecule is O=C([O-])O.O=C([O-])c1ccccc1.[K+].[K+]. The van der Waals surface area contributed by atoms with Crippen LogP contribution in [0.3, 0.4) is 0 Å². The second-order valence-electron chi connectivity index (χ2n) is 1.92. The van der Waals surface area contributed by atoms with Crippen LogP contribution in [-0.4, -0.2) is 17.2 Å². The monoisotopic (exact) mass is 260 g/mol. The Morgan fingerprint density at radius 2 is 1.33 bits per heavy atom. The molecule has 0 saturated heterocycles. The molecule has 15 heavy (non-hydrogen) atoms. The Kier molecular flexibility index (Phi) is 19.1. The van der Waals surface area contributed by atoms with Gasteiger partial charge in [0.15, 0.2) is 0 Å². The van der Waals surface area contributed by atoms with Crippen LogP contribution in [0.1, 0.15) is 10.4 Å². The van der Waals surface area contributed by atoms with Crippen LogP contribution < -0.4 is 113 Å². The van der Waals surface area contributed by atoms with Gasteiger partial charge < -0.3 is 24.9 Å². The zero-order valence-corrected chi connectivity index (χ0v) is 14.7. The van der Waals surface area contributed by atoms with Crippen LogP contribution in [0.2, 0.25) is 0 Å². The van der Waals surface area contributed by atoms with E-state index in [1.807, 2.05) is 0 Å². The molecule has 1 N–H and O–H groups in total.